The number of carbonyl (C=O) groups is 1. The van der Waals surface area contributed by atoms with E-state index >= 15 is 0 Å². The zero-order chi connectivity index (χ0) is 14.5. The third-order valence-electron chi connectivity index (χ3n) is 3.17. The number of benzene rings is 1. The van der Waals surface area contributed by atoms with Gasteiger partial charge in [-0.25, -0.2) is 0 Å². The van der Waals surface area contributed by atoms with Crippen LogP contribution >= 0.6 is 12.4 Å². The van der Waals surface area contributed by atoms with Gasteiger partial charge in [-0.2, -0.15) is 0 Å². The highest BCUT2D eigenvalue weighted by Crippen LogP contribution is 2.21. The molecular weight excluding hydrogens is 290 g/mol. The molecular formula is C15H20ClN3O2. The van der Waals surface area contributed by atoms with Gasteiger partial charge in [0.15, 0.2) is 5.76 Å². The molecule has 3 N–H and O–H groups in total. The molecule has 0 aliphatic rings. The molecule has 0 radical (unpaired) electrons. The number of hydrogen-bond donors (Lipinski definition) is 2. The Morgan fingerprint density at radius 1 is 1.38 bits per heavy atom. The Morgan fingerprint density at radius 2 is 2.05 bits per heavy atom. The normalized spacial score (nSPS) is 11.6. The third kappa shape index (κ3) is 4.31. The van der Waals surface area contributed by atoms with Crippen LogP contribution in [0.2, 0.25) is 0 Å². The van der Waals surface area contributed by atoms with Crippen molar-refractivity contribution in [2.45, 2.75) is 32.7 Å². The molecule has 0 bridgehead atoms. The summed E-state index contributed by atoms with van der Waals surface area (Å²) in [7, 11) is 0. The zero-order valence-corrected chi connectivity index (χ0v) is 12.9. The molecule has 1 unspecified atom stereocenters. The van der Waals surface area contributed by atoms with E-state index in [2.05, 4.69) is 10.5 Å². The molecule has 2 rings (SSSR count). The Balaban J connectivity index is 0.00000220. The predicted octanol–water partition coefficient (Wildman–Crippen LogP) is 3.00. The van der Waals surface area contributed by atoms with Gasteiger partial charge in [0.05, 0.1) is 0 Å². The van der Waals surface area contributed by atoms with Crippen molar-refractivity contribution in [3.63, 3.8) is 0 Å². The first kappa shape index (κ1) is 17.2. The fourth-order valence-electron chi connectivity index (χ4n) is 2.03. The highest BCUT2D eigenvalue weighted by atomic mass is 35.5. The maximum absolute atomic E-state index is 12.1. The minimum absolute atomic E-state index is 0. The number of nitrogens with zero attached hydrogens (tertiary/aromatic N) is 1. The Kier molecular flexibility index (Phi) is 6.39. The van der Waals surface area contributed by atoms with E-state index in [0.717, 1.165) is 11.3 Å². The number of halogens is 1. The molecule has 1 aromatic carbocycles. The van der Waals surface area contributed by atoms with Crippen molar-refractivity contribution in [1.29, 1.82) is 0 Å². The number of carbonyl (C=O) groups excluding carboxylic acids is 1. The van der Waals surface area contributed by atoms with Gasteiger partial charge < -0.3 is 15.6 Å². The number of aryl methyl sites for hydroxylation is 2. The molecule has 1 amide bonds. The topological polar surface area (TPSA) is 81.2 Å². The minimum Gasteiger partial charge on any atom is -0.359 e. The Morgan fingerprint density at radius 3 is 2.67 bits per heavy atom. The molecule has 0 aliphatic carbocycles. The molecule has 0 saturated carbocycles. The summed E-state index contributed by atoms with van der Waals surface area (Å²) in [6, 6.07) is 9.25. The van der Waals surface area contributed by atoms with Crippen molar-refractivity contribution in [2.24, 2.45) is 5.73 Å². The van der Waals surface area contributed by atoms with Crippen molar-refractivity contribution < 1.29 is 9.32 Å². The van der Waals surface area contributed by atoms with E-state index in [1.165, 1.54) is 0 Å². The summed E-state index contributed by atoms with van der Waals surface area (Å²) >= 11 is 0. The molecule has 114 valence electrons. The summed E-state index contributed by atoms with van der Waals surface area (Å²) in [5, 5.41) is 6.74. The molecule has 5 nitrogen and oxygen atoms in total. The molecule has 1 heterocycles. The summed E-state index contributed by atoms with van der Waals surface area (Å²) in [5.74, 6) is 0.478. The molecule has 1 aromatic heterocycles. The average Bonchev–Trinajstić information content (AvgIpc) is 2.80. The molecule has 2 aromatic rings. The average molecular weight is 310 g/mol. The van der Waals surface area contributed by atoms with E-state index in [1.54, 1.807) is 6.92 Å². The van der Waals surface area contributed by atoms with E-state index in [4.69, 9.17) is 10.3 Å². The summed E-state index contributed by atoms with van der Waals surface area (Å²) < 4.78 is 5.08. The number of rotatable bonds is 5. The highest BCUT2D eigenvalue weighted by Gasteiger charge is 2.16. The van der Waals surface area contributed by atoms with Crippen LogP contribution in [0.3, 0.4) is 0 Å². The fraction of sp³-hybridized carbons (Fsp3) is 0.333. The van der Waals surface area contributed by atoms with E-state index in [1.807, 2.05) is 37.3 Å². The maximum atomic E-state index is 12.1. The van der Waals surface area contributed by atoms with Gasteiger partial charge in [-0.05, 0) is 18.9 Å². The SMILES string of the molecule is CCc1noc(C)c1NC(=O)CC(N)c1ccccc1.Cl. The predicted molar refractivity (Wildman–Crippen MR) is 84.5 cm³/mol. The number of anilines is 1. The van der Waals surface area contributed by atoms with Crippen LogP contribution in [0.15, 0.2) is 34.9 Å². The number of nitrogens with two attached hydrogens (primary N) is 1. The molecule has 1 atom stereocenters. The lowest BCUT2D eigenvalue weighted by atomic mass is 10.0. The van der Waals surface area contributed by atoms with Crippen molar-refractivity contribution in [3.8, 4) is 0 Å². The van der Waals surface area contributed by atoms with Gasteiger partial charge in [0.1, 0.15) is 11.4 Å². The van der Waals surface area contributed by atoms with Crippen molar-refractivity contribution in [2.75, 3.05) is 5.32 Å². The standard InChI is InChI=1S/C15H19N3O2.ClH/c1-3-13-15(10(2)20-18-13)17-14(19)9-12(16)11-7-5-4-6-8-11;/h4-8,12H,3,9,16H2,1-2H3,(H,17,19);1H. The Labute approximate surface area is 130 Å². The van der Waals surface area contributed by atoms with Gasteiger partial charge in [-0.1, -0.05) is 42.4 Å². The number of amides is 1. The van der Waals surface area contributed by atoms with Crippen LogP contribution in [0.25, 0.3) is 0 Å². The van der Waals surface area contributed by atoms with Crippen LogP contribution in [0.4, 0.5) is 5.69 Å². The lowest BCUT2D eigenvalue weighted by Gasteiger charge is -2.12. The fourth-order valence-corrected chi connectivity index (χ4v) is 2.03. The van der Waals surface area contributed by atoms with Crippen molar-refractivity contribution in [3.05, 3.63) is 47.3 Å². The van der Waals surface area contributed by atoms with Crippen LogP contribution in [0.5, 0.6) is 0 Å². The first-order chi connectivity index (χ1) is 9.61. The number of hydrogen-bond acceptors (Lipinski definition) is 4. The minimum atomic E-state index is -0.318. The maximum Gasteiger partial charge on any atom is 0.226 e. The van der Waals surface area contributed by atoms with Gasteiger partial charge in [0.2, 0.25) is 5.91 Å². The second-order valence-corrected chi connectivity index (χ2v) is 4.68. The summed E-state index contributed by atoms with van der Waals surface area (Å²) in [4.78, 5) is 12.1. The second-order valence-electron chi connectivity index (χ2n) is 4.68. The highest BCUT2D eigenvalue weighted by molar-refractivity contribution is 5.92. The second kappa shape index (κ2) is 7.81. The largest absolute Gasteiger partial charge is 0.359 e. The molecule has 0 spiro atoms. The van der Waals surface area contributed by atoms with Crippen LogP contribution in [0.1, 0.15) is 36.4 Å². The van der Waals surface area contributed by atoms with E-state index < -0.39 is 0 Å². The molecule has 0 fully saturated rings. The Hall–Kier alpha value is -1.85. The summed E-state index contributed by atoms with van der Waals surface area (Å²) in [6.45, 7) is 3.74. The summed E-state index contributed by atoms with van der Waals surface area (Å²) in [5.41, 5.74) is 8.40. The number of nitrogens with one attached hydrogen (secondary N) is 1. The van der Waals surface area contributed by atoms with E-state index in [-0.39, 0.29) is 30.8 Å². The number of aromatic nitrogens is 1. The monoisotopic (exact) mass is 309 g/mol. The van der Waals surface area contributed by atoms with Crippen molar-refractivity contribution in [1.82, 2.24) is 5.16 Å². The van der Waals surface area contributed by atoms with E-state index in [0.29, 0.717) is 17.9 Å². The lowest BCUT2D eigenvalue weighted by molar-refractivity contribution is -0.116. The zero-order valence-electron chi connectivity index (χ0n) is 12.1. The first-order valence-electron chi connectivity index (χ1n) is 6.67. The third-order valence-corrected chi connectivity index (χ3v) is 3.17. The first-order valence-corrected chi connectivity index (χ1v) is 6.67. The molecule has 6 heteroatoms. The van der Waals surface area contributed by atoms with Crippen LogP contribution in [-0.2, 0) is 11.2 Å². The van der Waals surface area contributed by atoms with Gasteiger partial charge in [0.25, 0.3) is 0 Å². The van der Waals surface area contributed by atoms with Crippen molar-refractivity contribution >= 4 is 24.0 Å². The molecule has 0 saturated heterocycles. The lowest BCUT2D eigenvalue weighted by Crippen LogP contribution is -2.21. The van der Waals surface area contributed by atoms with Crippen LogP contribution in [0, 0.1) is 6.92 Å². The Bertz CT molecular complexity index is 584. The van der Waals surface area contributed by atoms with Crippen LogP contribution < -0.4 is 11.1 Å². The smallest absolute Gasteiger partial charge is 0.226 e. The molecule has 21 heavy (non-hydrogen) atoms. The van der Waals surface area contributed by atoms with E-state index in [9.17, 15) is 4.79 Å². The quantitative estimate of drug-likeness (QED) is 0.889. The molecule has 0 aliphatic heterocycles. The van der Waals surface area contributed by atoms with Gasteiger partial charge in [-0.15, -0.1) is 12.4 Å². The van der Waals surface area contributed by atoms with Crippen LogP contribution in [-0.4, -0.2) is 11.1 Å². The van der Waals surface area contributed by atoms with Gasteiger partial charge in [0, 0.05) is 12.5 Å². The van der Waals surface area contributed by atoms with Gasteiger partial charge in [-0.3, -0.25) is 4.79 Å². The van der Waals surface area contributed by atoms with Gasteiger partial charge >= 0.3 is 0 Å². The summed E-state index contributed by atoms with van der Waals surface area (Å²) in [6.07, 6.45) is 0.926.